The van der Waals surface area contributed by atoms with Gasteiger partial charge in [0.2, 0.25) is 20.0 Å². The van der Waals surface area contributed by atoms with Crippen molar-refractivity contribution < 1.29 is 16.8 Å². The first-order chi connectivity index (χ1) is 11.1. The van der Waals surface area contributed by atoms with Gasteiger partial charge in [0.15, 0.2) is 0 Å². The maximum Gasteiger partial charge on any atom is 0.243 e. The molecule has 0 aliphatic carbocycles. The van der Waals surface area contributed by atoms with Crippen LogP contribution in [0.15, 0.2) is 23.1 Å². The standard InChI is InChI=1S/C14H18Cl2N2O4S2/c1-23(19,20)18-10-5-6-11(18)8-9(7-10)17-24(21,22)14-12(15)3-2-4-13(14)16/h2-4,9-11,17H,5-8H2,1H3. The van der Waals surface area contributed by atoms with Gasteiger partial charge in [-0.05, 0) is 37.8 Å². The van der Waals surface area contributed by atoms with Crippen LogP contribution < -0.4 is 4.72 Å². The molecule has 1 aromatic rings. The van der Waals surface area contributed by atoms with Gasteiger partial charge >= 0.3 is 0 Å². The number of hydrogen-bond acceptors (Lipinski definition) is 4. The monoisotopic (exact) mass is 412 g/mol. The lowest BCUT2D eigenvalue weighted by Gasteiger charge is -2.37. The molecule has 2 aliphatic rings. The van der Waals surface area contributed by atoms with Crippen molar-refractivity contribution in [1.82, 2.24) is 9.03 Å². The summed E-state index contributed by atoms with van der Waals surface area (Å²) in [4.78, 5) is -0.133. The molecule has 10 heteroatoms. The van der Waals surface area contributed by atoms with E-state index in [0.717, 1.165) is 12.8 Å². The number of halogens is 2. The van der Waals surface area contributed by atoms with Crippen molar-refractivity contribution in [2.24, 2.45) is 0 Å². The first kappa shape index (κ1) is 18.4. The molecule has 2 bridgehead atoms. The lowest BCUT2D eigenvalue weighted by atomic mass is 10.0. The molecule has 2 heterocycles. The minimum absolute atomic E-state index is 0.0616. The molecule has 0 spiro atoms. The van der Waals surface area contributed by atoms with Crippen LogP contribution in [0.5, 0.6) is 0 Å². The van der Waals surface area contributed by atoms with E-state index in [1.54, 1.807) is 6.07 Å². The highest BCUT2D eigenvalue weighted by molar-refractivity contribution is 7.89. The summed E-state index contributed by atoms with van der Waals surface area (Å²) in [6, 6.07) is 3.86. The third-order valence-electron chi connectivity index (χ3n) is 4.56. The molecule has 3 rings (SSSR count). The third kappa shape index (κ3) is 3.45. The third-order valence-corrected chi connectivity index (χ3v) is 8.40. The van der Waals surface area contributed by atoms with Crippen LogP contribution in [0, 0.1) is 0 Å². The largest absolute Gasteiger partial charge is 0.243 e. The molecule has 134 valence electrons. The molecule has 2 aliphatic heterocycles. The molecule has 24 heavy (non-hydrogen) atoms. The van der Waals surface area contributed by atoms with Crippen molar-refractivity contribution in [3.8, 4) is 0 Å². The number of rotatable bonds is 4. The van der Waals surface area contributed by atoms with E-state index in [1.165, 1.54) is 22.7 Å². The highest BCUT2D eigenvalue weighted by Gasteiger charge is 2.46. The van der Waals surface area contributed by atoms with E-state index in [4.69, 9.17) is 23.2 Å². The maximum absolute atomic E-state index is 12.6. The summed E-state index contributed by atoms with van der Waals surface area (Å²) in [5.74, 6) is 0. The quantitative estimate of drug-likeness (QED) is 0.821. The Hall–Kier alpha value is -0.380. The van der Waals surface area contributed by atoms with E-state index >= 15 is 0 Å². The molecule has 2 fully saturated rings. The van der Waals surface area contributed by atoms with Crippen molar-refractivity contribution >= 4 is 43.2 Å². The Labute approximate surface area is 152 Å². The van der Waals surface area contributed by atoms with Gasteiger partial charge in [-0.3, -0.25) is 0 Å². The first-order valence-electron chi connectivity index (χ1n) is 7.54. The van der Waals surface area contributed by atoms with E-state index in [-0.39, 0.29) is 33.1 Å². The molecule has 0 amide bonds. The minimum Gasteiger partial charge on any atom is -0.212 e. The van der Waals surface area contributed by atoms with E-state index in [0.29, 0.717) is 12.8 Å². The highest BCUT2D eigenvalue weighted by atomic mass is 35.5. The van der Waals surface area contributed by atoms with Gasteiger partial charge in [-0.25, -0.2) is 21.6 Å². The van der Waals surface area contributed by atoms with Crippen molar-refractivity contribution in [1.29, 1.82) is 0 Å². The zero-order valence-corrected chi connectivity index (χ0v) is 16.1. The van der Waals surface area contributed by atoms with Crippen LogP contribution in [0.4, 0.5) is 0 Å². The SMILES string of the molecule is CS(=O)(=O)N1C2CCC1CC(NS(=O)(=O)c1c(Cl)cccc1Cl)C2. The predicted molar refractivity (Wildman–Crippen MR) is 93.3 cm³/mol. The van der Waals surface area contributed by atoms with Gasteiger partial charge < -0.3 is 0 Å². The van der Waals surface area contributed by atoms with Crippen LogP contribution in [0.1, 0.15) is 25.7 Å². The van der Waals surface area contributed by atoms with Gasteiger partial charge in [0, 0.05) is 18.1 Å². The number of nitrogens with zero attached hydrogens (tertiary/aromatic N) is 1. The zero-order chi connectivity index (χ0) is 17.7. The lowest BCUT2D eigenvalue weighted by molar-refractivity contribution is 0.221. The normalized spacial score (nSPS) is 28.2. The predicted octanol–water partition coefficient (Wildman–Crippen LogP) is 2.23. The van der Waals surface area contributed by atoms with Gasteiger partial charge in [-0.1, -0.05) is 29.3 Å². The van der Waals surface area contributed by atoms with Crippen LogP contribution in [0.25, 0.3) is 0 Å². The van der Waals surface area contributed by atoms with Crippen molar-refractivity contribution in [2.75, 3.05) is 6.26 Å². The van der Waals surface area contributed by atoms with Gasteiger partial charge in [0.1, 0.15) is 4.90 Å². The smallest absolute Gasteiger partial charge is 0.212 e. The van der Waals surface area contributed by atoms with Crippen LogP contribution in [-0.4, -0.2) is 45.5 Å². The Morgan fingerprint density at radius 3 is 2.00 bits per heavy atom. The number of piperidine rings is 1. The Balaban J connectivity index is 1.81. The van der Waals surface area contributed by atoms with Gasteiger partial charge in [-0.15, -0.1) is 0 Å². The van der Waals surface area contributed by atoms with Crippen LogP contribution in [0.3, 0.4) is 0 Å². The van der Waals surface area contributed by atoms with E-state index in [9.17, 15) is 16.8 Å². The van der Waals surface area contributed by atoms with Crippen molar-refractivity contribution in [3.05, 3.63) is 28.2 Å². The minimum atomic E-state index is -3.88. The summed E-state index contributed by atoms with van der Waals surface area (Å²) in [5.41, 5.74) is 0. The molecular formula is C14H18Cl2N2O4S2. The summed E-state index contributed by atoms with van der Waals surface area (Å²) >= 11 is 12.0. The summed E-state index contributed by atoms with van der Waals surface area (Å²) in [6.45, 7) is 0. The fourth-order valence-corrected chi connectivity index (χ4v) is 7.66. The summed E-state index contributed by atoms with van der Waals surface area (Å²) < 4.78 is 53.3. The maximum atomic E-state index is 12.6. The average molecular weight is 413 g/mol. The molecule has 6 nitrogen and oxygen atoms in total. The number of sulfonamides is 2. The van der Waals surface area contributed by atoms with E-state index in [2.05, 4.69) is 4.72 Å². The molecule has 1 N–H and O–H groups in total. The molecule has 0 aromatic heterocycles. The number of fused-ring (bicyclic) bond motifs is 2. The van der Waals surface area contributed by atoms with E-state index < -0.39 is 20.0 Å². The van der Waals surface area contributed by atoms with Gasteiger partial charge in [0.05, 0.1) is 16.3 Å². The van der Waals surface area contributed by atoms with Crippen LogP contribution in [0.2, 0.25) is 10.0 Å². The Morgan fingerprint density at radius 2 is 1.54 bits per heavy atom. The second-order valence-corrected chi connectivity index (χ2v) is 10.7. The number of nitrogens with one attached hydrogen (secondary N) is 1. The Bertz CT molecular complexity index is 823. The Morgan fingerprint density at radius 1 is 1.04 bits per heavy atom. The number of hydrogen-bond donors (Lipinski definition) is 1. The zero-order valence-electron chi connectivity index (χ0n) is 12.9. The van der Waals surface area contributed by atoms with Crippen LogP contribution >= 0.6 is 23.2 Å². The van der Waals surface area contributed by atoms with Gasteiger partial charge in [-0.2, -0.15) is 4.31 Å². The fraction of sp³-hybridized carbons (Fsp3) is 0.571. The van der Waals surface area contributed by atoms with Crippen molar-refractivity contribution in [3.63, 3.8) is 0 Å². The topological polar surface area (TPSA) is 83.6 Å². The highest BCUT2D eigenvalue weighted by Crippen LogP contribution is 2.38. The second kappa shape index (κ2) is 6.41. The summed E-state index contributed by atoms with van der Waals surface area (Å²) in [7, 11) is -7.16. The first-order valence-corrected chi connectivity index (χ1v) is 11.6. The molecule has 2 unspecified atom stereocenters. The fourth-order valence-electron chi connectivity index (χ4n) is 3.79. The van der Waals surface area contributed by atoms with Crippen LogP contribution in [-0.2, 0) is 20.0 Å². The summed E-state index contributed by atoms with van der Waals surface area (Å²) in [6.07, 6.45) is 3.60. The Kier molecular flexibility index (Phi) is 4.92. The van der Waals surface area contributed by atoms with Crippen molar-refractivity contribution in [2.45, 2.75) is 48.7 Å². The second-order valence-electron chi connectivity index (χ2n) is 6.32. The lowest BCUT2D eigenvalue weighted by Crippen LogP contribution is -2.52. The molecule has 0 saturated carbocycles. The molecular weight excluding hydrogens is 395 g/mol. The molecule has 2 saturated heterocycles. The molecule has 2 atom stereocenters. The van der Waals surface area contributed by atoms with E-state index in [1.807, 2.05) is 0 Å². The number of benzene rings is 1. The molecule has 1 aromatic carbocycles. The average Bonchev–Trinajstić information content (AvgIpc) is 2.70. The van der Waals surface area contributed by atoms with Gasteiger partial charge in [0.25, 0.3) is 0 Å². The summed E-state index contributed by atoms with van der Waals surface area (Å²) in [5, 5.41) is 0.123. The molecule has 0 radical (unpaired) electrons.